The summed E-state index contributed by atoms with van der Waals surface area (Å²) in [5.41, 5.74) is 0.319. The smallest absolute Gasteiger partial charge is 0.272 e. The summed E-state index contributed by atoms with van der Waals surface area (Å²) in [6.07, 6.45) is 4.37. The maximum absolute atomic E-state index is 12.7. The molecule has 2 rings (SSSR count). The Morgan fingerprint density at radius 2 is 2.29 bits per heavy atom. The van der Waals surface area contributed by atoms with Crippen LogP contribution in [0.4, 0.5) is 4.39 Å². The van der Waals surface area contributed by atoms with E-state index >= 15 is 0 Å². The molecule has 92 valence electrons. The van der Waals surface area contributed by atoms with Crippen molar-refractivity contribution >= 4 is 21.8 Å². The molecule has 1 aliphatic rings. The molecular formula is C12H14BrFN2O. The SMILES string of the molecule is O=C(c1ccc(F)cn1)N(CCBr)C1CCC1. The summed E-state index contributed by atoms with van der Waals surface area (Å²) in [4.78, 5) is 17.9. The van der Waals surface area contributed by atoms with E-state index < -0.39 is 5.82 Å². The normalized spacial score (nSPS) is 15.4. The third-order valence-corrected chi connectivity index (χ3v) is 3.40. The lowest BCUT2D eigenvalue weighted by atomic mass is 9.91. The van der Waals surface area contributed by atoms with Crippen LogP contribution in [-0.4, -0.2) is 33.7 Å². The van der Waals surface area contributed by atoms with Gasteiger partial charge in [0.05, 0.1) is 6.20 Å². The van der Waals surface area contributed by atoms with Gasteiger partial charge in [-0.3, -0.25) is 4.79 Å². The molecule has 0 aromatic carbocycles. The monoisotopic (exact) mass is 300 g/mol. The first-order chi connectivity index (χ1) is 8.22. The summed E-state index contributed by atoms with van der Waals surface area (Å²) >= 11 is 3.35. The number of pyridine rings is 1. The van der Waals surface area contributed by atoms with Crippen LogP contribution in [-0.2, 0) is 0 Å². The van der Waals surface area contributed by atoms with Gasteiger partial charge in [-0.25, -0.2) is 9.37 Å². The van der Waals surface area contributed by atoms with Gasteiger partial charge < -0.3 is 4.90 Å². The van der Waals surface area contributed by atoms with Crippen molar-refractivity contribution in [2.45, 2.75) is 25.3 Å². The van der Waals surface area contributed by atoms with Gasteiger partial charge in [0.25, 0.3) is 5.91 Å². The molecule has 0 radical (unpaired) electrons. The number of amides is 1. The van der Waals surface area contributed by atoms with Crippen molar-refractivity contribution in [1.29, 1.82) is 0 Å². The van der Waals surface area contributed by atoms with Crippen LogP contribution >= 0.6 is 15.9 Å². The highest BCUT2D eigenvalue weighted by atomic mass is 79.9. The standard InChI is InChI=1S/C12H14BrFN2O/c13-6-7-16(10-2-1-3-10)12(17)11-5-4-9(14)8-15-11/h4-5,8,10H,1-3,6-7H2. The number of hydrogen-bond donors (Lipinski definition) is 0. The lowest BCUT2D eigenvalue weighted by Crippen LogP contribution is -2.45. The zero-order valence-corrected chi connectivity index (χ0v) is 11.0. The second-order valence-corrected chi connectivity index (χ2v) is 4.93. The molecule has 1 aromatic heterocycles. The first-order valence-electron chi connectivity index (χ1n) is 5.71. The molecule has 0 N–H and O–H groups in total. The average molecular weight is 301 g/mol. The quantitative estimate of drug-likeness (QED) is 0.801. The largest absolute Gasteiger partial charge is 0.333 e. The van der Waals surface area contributed by atoms with E-state index in [1.165, 1.54) is 18.6 Å². The summed E-state index contributed by atoms with van der Waals surface area (Å²) in [5, 5.41) is 0.746. The van der Waals surface area contributed by atoms with Gasteiger partial charge in [-0.05, 0) is 31.4 Å². The molecule has 1 heterocycles. The van der Waals surface area contributed by atoms with E-state index in [0.29, 0.717) is 18.3 Å². The van der Waals surface area contributed by atoms with E-state index in [1.54, 1.807) is 0 Å². The Balaban J connectivity index is 2.12. The lowest BCUT2D eigenvalue weighted by Gasteiger charge is -2.37. The molecule has 0 aliphatic heterocycles. The van der Waals surface area contributed by atoms with Gasteiger partial charge in [0, 0.05) is 17.9 Å². The number of carbonyl (C=O) groups excluding carboxylic acids is 1. The molecule has 1 fully saturated rings. The molecule has 0 atom stereocenters. The van der Waals surface area contributed by atoms with E-state index in [4.69, 9.17) is 0 Å². The number of rotatable bonds is 4. The van der Waals surface area contributed by atoms with Gasteiger partial charge in [-0.2, -0.15) is 0 Å². The highest BCUT2D eigenvalue weighted by molar-refractivity contribution is 9.09. The molecule has 0 unspecified atom stereocenters. The van der Waals surface area contributed by atoms with E-state index in [9.17, 15) is 9.18 Å². The highest BCUT2D eigenvalue weighted by Crippen LogP contribution is 2.25. The van der Waals surface area contributed by atoms with Crippen molar-refractivity contribution in [3.8, 4) is 0 Å². The van der Waals surface area contributed by atoms with Crippen molar-refractivity contribution < 1.29 is 9.18 Å². The fourth-order valence-electron chi connectivity index (χ4n) is 1.89. The zero-order valence-electron chi connectivity index (χ0n) is 9.40. The van der Waals surface area contributed by atoms with Gasteiger partial charge in [-0.15, -0.1) is 0 Å². The fraction of sp³-hybridized carbons (Fsp3) is 0.500. The van der Waals surface area contributed by atoms with Crippen molar-refractivity contribution in [3.05, 3.63) is 29.8 Å². The molecule has 1 saturated carbocycles. The number of carbonyl (C=O) groups is 1. The summed E-state index contributed by atoms with van der Waals surface area (Å²) in [6, 6.07) is 3.04. The molecule has 1 amide bonds. The van der Waals surface area contributed by atoms with Gasteiger partial charge in [0.15, 0.2) is 0 Å². The molecule has 17 heavy (non-hydrogen) atoms. The molecule has 3 nitrogen and oxygen atoms in total. The third-order valence-electron chi connectivity index (χ3n) is 3.05. The molecule has 1 aliphatic carbocycles. The number of alkyl halides is 1. The molecule has 0 spiro atoms. The molecule has 0 saturated heterocycles. The lowest BCUT2D eigenvalue weighted by molar-refractivity contribution is 0.0593. The van der Waals surface area contributed by atoms with E-state index in [2.05, 4.69) is 20.9 Å². The van der Waals surface area contributed by atoms with Crippen LogP contribution in [0.15, 0.2) is 18.3 Å². The Morgan fingerprint density at radius 3 is 2.76 bits per heavy atom. The number of halogens is 2. The van der Waals surface area contributed by atoms with Crippen LogP contribution in [0.3, 0.4) is 0 Å². The molecule has 5 heteroatoms. The Hall–Kier alpha value is -0.970. The van der Waals surface area contributed by atoms with Gasteiger partial charge >= 0.3 is 0 Å². The minimum absolute atomic E-state index is 0.103. The van der Waals surface area contributed by atoms with Crippen molar-refractivity contribution in [2.24, 2.45) is 0 Å². The van der Waals surface area contributed by atoms with Crippen LogP contribution in [0.25, 0.3) is 0 Å². The second kappa shape index (κ2) is 5.58. The molecule has 0 bridgehead atoms. The average Bonchev–Trinajstić information content (AvgIpc) is 2.26. The summed E-state index contributed by atoms with van der Waals surface area (Å²) in [6.45, 7) is 0.669. The van der Waals surface area contributed by atoms with Crippen LogP contribution in [0.1, 0.15) is 29.8 Å². The molecular weight excluding hydrogens is 287 g/mol. The third kappa shape index (κ3) is 2.83. The maximum Gasteiger partial charge on any atom is 0.272 e. The van der Waals surface area contributed by atoms with E-state index in [-0.39, 0.29) is 5.91 Å². The molecule has 1 aromatic rings. The predicted molar refractivity (Wildman–Crippen MR) is 66.7 cm³/mol. The fourth-order valence-corrected chi connectivity index (χ4v) is 2.27. The number of hydrogen-bond acceptors (Lipinski definition) is 2. The predicted octanol–water partition coefficient (Wildman–Crippen LogP) is 2.61. The summed E-state index contributed by atoms with van der Waals surface area (Å²) in [7, 11) is 0. The van der Waals surface area contributed by atoms with Crippen molar-refractivity contribution in [2.75, 3.05) is 11.9 Å². The van der Waals surface area contributed by atoms with Crippen LogP contribution in [0.2, 0.25) is 0 Å². The number of nitrogens with zero attached hydrogens (tertiary/aromatic N) is 2. The minimum Gasteiger partial charge on any atom is -0.333 e. The Morgan fingerprint density at radius 1 is 1.53 bits per heavy atom. The second-order valence-electron chi connectivity index (χ2n) is 4.13. The van der Waals surface area contributed by atoms with Crippen molar-refractivity contribution in [3.63, 3.8) is 0 Å². The Kier molecular flexibility index (Phi) is 4.10. The summed E-state index contributed by atoms with van der Waals surface area (Å²) in [5.74, 6) is -0.522. The van der Waals surface area contributed by atoms with Gasteiger partial charge in [-0.1, -0.05) is 15.9 Å². The van der Waals surface area contributed by atoms with Crippen molar-refractivity contribution in [1.82, 2.24) is 9.88 Å². The Labute approximate surface area is 108 Å². The highest BCUT2D eigenvalue weighted by Gasteiger charge is 2.29. The first kappa shape index (κ1) is 12.5. The zero-order chi connectivity index (χ0) is 12.3. The van der Waals surface area contributed by atoms with E-state index in [1.807, 2.05) is 4.90 Å². The first-order valence-corrected chi connectivity index (χ1v) is 6.83. The van der Waals surface area contributed by atoms with Gasteiger partial charge in [0.2, 0.25) is 0 Å². The van der Waals surface area contributed by atoms with E-state index in [0.717, 1.165) is 24.4 Å². The number of aromatic nitrogens is 1. The van der Waals surface area contributed by atoms with Crippen LogP contribution < -0.4 is 0 Å². The minimum atomic E-state index is -0.419. The maximum atomic E-state index is 12.7. The van der Waals surface area contributed by atoms with Crippen LogP contribution in [0, 0.1) is 5.82 Å². The Bertz CT molecular complexity index is 392. The topological polar surface area (TPSA) is 33.2 Å². The summed E-state index contributed by atoms with van der Waals surface area (Å²) < 4.78 is 12.7. The van der Waals surface area contributed by atoms with Gasteiger partial charge in [0.1, 0.15) is 11.5 Å². The van der Waals surface area contributed by atoms with Crippen LogP contribution in [0.5, 0.6) is 0 Å².